The van der Waals surface area contributed by atoms with Gasteiger partial charge in [0.25, 0.3) is 11.8 Å². The minimum atomic E-state index is 0.132. The van der Waals surface area contributed by atoms with Gasteiger partial charge in [-0.25, -0.2) is 0 Å². The number of carbonyl (C=O) groups excluding carboxylic acids is 2. The first-order valence-corrected chi connectivity index (χ1v) is 9.07. The lowest BCUT2D eigenvalue weighted by Crippen LogP contribution is -2.70. The Morgan fingerprint density at radius 1 is 0.680 bits per heavy atom. The lowest BCUT2D eigenvalue weighted by Gasteiger charge is -2.62. The molecule has 0 aromatic heterocycles. The SMILES string of the molecule is O=C1c2ccccc2C2C3c4ccccc4C(=O)N4CCCN1C2C34. The second-order valence-corrected chi connectivity index (χ2v) is 7.56. The summed E-state index contributed by atoms with van der Waals surface area (Å²) < 4.78 is 0. The first-order chi connectivity index (χ1) is 12.3. The number of rotatable bonds is 0. The zero-order valence-electron chi connectivity index (χ0n) is 13.8. The van der Waals surface area contributed by atoms with Crippen molar-refractivity contribution >= 4 is 11.8 Å². The Bertz CT molecular complexity index is 861. The largest absolute Gasteiger partial charge is 0.333 e. The van der Waals surface area contributed by atoms with Crippen molar-refractivity contribution in [1.82, 2.24) is 9.80 Å². The predicted octanol–water partition coefficient (Wildman–Crippen LogP) is 2.62. The first kappa shape index (κ1) is 13.6. The second kappa shape index (κ2) is 4.51. The van der Waals surface area contributed by atoms with Gasteiger partial charge >= 0.3 is 0 Å². The number of hydrogen-bond acceptors (Lipinski definition) is 2. The molecule has 3 aliphatic heterocycles. The summed E-state index contributed by atoms with van der Waals surface area (Å²) in [6.45, 7) is 1.50. The maximum Gasteiger partial charge on any atom is 0.254 e. The van der Waals surface area contributed by atoms with E-state index in [1.54, 1.807) is 0 Å². The third kappa shape index (κ3) is 1.49. The highest BCUT2D eigenvalue weighted by Gasteiger charge is 2.63. The molecule has 1 saturated heterocycles. The Balaban J connectivity index is 1.62. The highest BCUT2D eigenvalue weighted by molar-refractivity contribution is 6.01. The Labute approximate surface area is 146 Å². The summed E-state index contributed by atoms with van der Waals surface area (Å²) in [7, 11) is 0. The zero-order chi connectivity index (χ0) is 16.7. The first-order valence-electron chi connectivity index (χ1n) is 9.07. The number of amides is 2. The number of nitrogens with zero attached hydrogens (tertiary/aromatic N) is 2. The fourth-order valence-electron chi connectivity index (χ4n) is 5.67. The van der Waals surface area contributed by atoms with Gasteiger partial charge in [-0.2, -0.15) is 0 Å². The third-order valence-corrected chi connectivity index (χ3v) is 6.61. The van der Waals surface area contributed by atoms with Crippen LogP contribution in [0.5, 0.6) is 0 Å². The molecule has 4 unspecified atom stereocenters. The van der Waals surface area contributed by atoms with Crippen LogP contribution in [0.15, 0.2) is 48.5 Å². The van der Waals surface area contributed by atoms with E-state index in [1.165, 1.54) is 11.1 Å². The standard InChI is InChI=1S/C21H18N2O2/c24-20-14-8-3-1-6-12(14)16-17-13-7-2-4-9-15(13)21(25)23-11-5-10-22(20)18(16)19(17)23/h1-4,6-9,16-19H,5,10-11H2. The van der Waals surface area contributed by atoms with Crippen LogP contribution in [0.2, 0.25) is 0 Å². The Morgan fingerprint density at radius 2 is 1.12 bits per heavy atom. The molecule has 4 atom stereocenters. The molecule has 2 fully saturated rings. The lowest BCUT2D eigenvalue weighted by atomic mass is 9.54. The highest BCUT2D eigenvalue weighted by Crippen LogP contribution is 2.59. The number of hydrogen-bond donors (Lipinski definition) is 0. The van der Waals surface area contributed by atoms with Crippen LogP contribution >= 0.6 is 0 Å². The molecule has 2 aromatic carbocycles. The van der Waals surface area contributed by atoms with Gasteiger partial charge in [0.15, 0.2) is 0 Å². The van der Waals surface area contributed by atoms with Gasteiger partial charge in [-0.1, -0.05) is 36.4 Å². The maximum absolute atomic E-state index is 13.0. The fourth-order valence-corrected chi connectivity index (χ4v) is 5.67. The monoisotopic (exact) mass is 330 g/mol. The molecule has 0 bridgehead atoms. The van der Waals surface area contributed by atoms with Crippen LogP contribution in [0.1, 0.15) is 50.1 Å². The van der Waals surface area contributed by atoms with Gasteiger partial charge in [-0.3, -0.25) is 9.59 Å². The van der Waals surface area contributed by atoms with Crippen molar-refractivity contribution in [3.05, 3.63) is 70.8 Å². The summed E-state index contributed by atoms with van der Waals surface area (Å²) in [5.74, 6) is 0.884. The molecule has 1 aliphatic carbocycles. The van der Waals surface area contributed by atoms with Crippen LogP contribution in [-0.4, -0.2) is 46.8 Å². The van der Waals surface area contributed by atoms with E-state index < -0.39 is 0 Å². The van der Waals surface area contributed by atoms with Crippen LogP contribution < -0.4 is 0 Å². The molecule has 6 rings (SSSR count). The van der Waals surface area contributed by atoms with Crippen molar-refractivity contribution in [2.45, 2.75) is 30.3 Å². The molecule has 4 heteroatoms. The average molecular weight is 330 g/mol. The van der Waals surface area contributed by atoms with Crippen molar-refractivity contribution in [1.29, 1.82) is 0 Å². The molecule has 0 radical (unpaired) electrons. The van der Waals surface area contributed by atoms with Crippen LogP contribution in [0.4, 0.5) is 0 Å². The van der Waals surface area contributed by atoms with E-state index in [1.807, 2.05) is 36.4 Å². The molecule has 0 N–H and O–H groups in total. The highest BCUT2D eigenvalue weighted by atomic mass is 16.2. The van der Waals surface area contributed by atoms with Crippen molar-refractivity contribution in [2.24, 2.45) is 0 Å². The second-order valence-electron chi connectivity index (χ2n) is 7.56. The molecule has 1 saturated carbocycles. The Morgan fingerprint density at radius 3 is 1.60 bits per heavy atom. The van der Waals surface area contributed by atoms with E-state index in [-0.39, 0.29) is 23.9 Å². The predicted molar refractivity (Wildman–Crippen MR) is 92.6 cm³/mol. The zero-order valence-corrected chi connectivity index (χ0v) is 13.8. The third-order valence-electron chi connectivity index (χ3n) is 6.61. The van der Waals surface area contributed by atoms with Crippen LogP contribution in [0.25, 0.3) is 0 Å². The molecule has 4 nitrogen and oxygen atoms in total. The summed E-state index contributed by atoms with van der Waals surface area (Å²) in [5.41, 5.74) is 4.04. The van der Waals surface area contributed by atoms with E-state index in [0.717, 1.165) is 30.6 Å². The molecular weight excluding hydrogens is 312 g/mol. The van der Waals surface area contributed by atoms with E-state index in [0.29, 0.717) is 11.8 Å². The number of carbonyl (C=O) groups is 2. The Kier molecular flexibility index (Phi) is 2.46. The van der Waals surface area contributed by atoms with Gasteiger partial charge in [0.2, 0.25) is 0 Å². The summed E-state index contributed by atoms with van der Waals surface area (Å²) in [6, 6.07) is 16.4. The van der Waals surface area contributed by atoms with Gasteiger partial charge in [0, 0.05) is 36.1 Å². The molecule has 0 spiro atoms. The van der Waals surface area contributed by atoms with Crippen molar-refractivity contribution in [3.63, 3.8) is 0 Å². The summed E-state index contributed by atoms with van der Waals surface area (Å²) in [6.07, 6.45) is 0.855. The number of fused-ring (bicyclic) bond motifs is 5. The minimum Gasteiger partial charge on any atom is -0.333 e. The van der Waals surface area contributed by atoms with E-state index >= 15 is 0 Å². The normalized spacial score (nSPS) is 31.5. The molecule has 25 heavy (non-hydrogen) atoms. The van der Waals surface area contributed by atoms with Crippen LogP contribution in [-0.2, 0) is 0 Å². The molecule has 2 aromatic rings. The quantitative estimate of drug-likeness (QED) is 0.745. The summed E-state index contributed by atoms with van der Waals surface area (Å²) in [5, 5.41) is 0. The molecule has 4 aliphatic rings. The number of benzene rings is 2. The Hall–Kier alpha value is -2.62. The van der Waals surface area contributed by atoms with Crippen LogP contribution in [0, 0.1) is 0 Å². The van der Waals surface area contributed by atoms with E-state index in [9.17, 15) is 9.59 Å². The smallest absolute Gasteiger partial charge is 0.254 e. The van der Waals surface area contributed by atoms with Gasteiger partial charge in [0.1, 0.15) is 0 Å². The average Bonchev–Trinajstić information content (AvgIpc) is 2.81. The van der Waals surface area contributed by atoms with Crippen molar-refractivity contribution in [3.8, 4) is 0 Å². The molecular formula is C21H18N2O2. The lowest BCUT2D eigenvalue weighted by molar-refractivity contribution is -0.0114. The topological polar surface area (TPSA) is 40.6 Å². The molecule has 2 amide bonds. The van der Waals surface area contributed by atoms with Gasteiger partial charge in [-0.15, -0.1) is 0 Å². The van der Waals surface area contributed by atoms with Crippen molar-refractivity contribution in [2.75, 3.05) is 13.1 Å². The van der Waals surface area contributed by atoms with Gasteiger partial charge in [0.05, 0.1) is 12.1 Å². The van der Waals surface area contributed by atoms with Crippen LogP contribution in [0.3, 0.4) is 0 Å². The molecule has 3 heterocycles. The van der Waals surface area contributed by atoms with E-state index in [4.69, 9.17) is 0 Å². The summed E-state index contributed by atoms with van der Waals surface area (Å²) in [4.78, 5) is 30.2. The summed E-state index contributed by atoms with van der Waals surface area (Å²) >= 11 is 0. The minimum absolute atomic E-state index is 0.132. The van der Waals surface area contributed by atoms with Gasteiger partial charge < -0.3 is 9.80 Å². The van der Waals surface area contributed by atoms with Gasteiger partial charge in [-0.05, 0) is 29.7 Å². The van der Waals surface area contributed by atoms with Crippen molar-refractivity contribution < 1.29 is 9.59 Å². The molecule has 124 valence electrons. The fraction of sp³-hybridized carbons (Fsp3) is 0.333. The van der Waals surface area contributed by atoms with E-state index in [2.05, 4.69) is 21.9 Å². The maximum atomic E-state index is 13.0.